The number of benzene rings is 1. The second-order valence-electron chi connectivity index (χ2n) is 5.17. The van der Waals surface area contributed by atoms with Crippen molar-refractivity contribution in [3.05, 3.63) is 29.8 Å². The van der Waals surface area contributed by atoms with Gasteiger partial charge in [-0.3, -0.25) is 4.31 Å². The highest BCUT2D eigenvalue weighted by Crippen LogP contribution is 2.29. The maximum absolute atomic E-state index is 12.4. The first-order valence-electron chi connectivity index (χ1n) is 6.46. The van der Waals surface area contributed by atoms with Crippen molar-refractivity contribution in [3.63, 3.8) is 0 Å². The highest BCUT2D eigenvalue weighted by molar-refractivity contribution is 7.92. The third kappa shape index (κ3) is 2.55. The molecule has 1 aromatic rings. The lowest BCUT2D eigenvalue weighted by atomic mass is 10.2. The predicted molar refractivity (Wildman–Crippen MR) is 76.6 cm³/mol. The van der Waals surface area contributed by atoms with Crippen LogP contribution in [0.3, 0.4) is 0 Å². The molecule has 0 amide bonds. The fraction of sp³-hybridized carbons (Fsp3) is 0.500. The number of para-hydroxylation sites is 1. The van der Waals surface area contributed by atoms with E-state index in [0.29, 0.717) is 25.1 Å². The molecule has 2 aliphatic heterocycles. The highest BCUT2D eigenvalue weighted by atomic mass is 32.2. The molecule has 1 fully saturated rings. The van der Waals surface area contributed by atoms with Gasteiger partial charge in [-0.25, -0.2) is 8.42 Å². The van der Waals surface area contributed by atoms with Crippen LogP contribution in [-0.2, 0) is 26.5 Å². The summed E-state index contributed by atoms with van der Waals surface area (Å²) in [6.07, 6.45) is 1.02. The van der Waals surface area contributed by atoms with E-state index in [1.54, 1.807) is 12.1 Å². The van der Waals surface area contributed by atoms with Crippen molar-refractivity contribution in [1.29, 1.82) is 0 Å². The lowest BCUT2D eigenvalue weighted by Crippen LogP contribution is -2.45. The van der Waals surface area contributed by atoms with Crippen LogP contribution in [0.4, 0.5) is 5.69 Å². The van der Waals surface area contributed by atoms with E-state index in [2.05, 4.69) is 4.72 Å². The van der Waals surface area contributed by atoms with Crippen LogP contribution in [-0.4, -0.2) is 40.9 Å². The summed E-state index contributed by atoms with van der Waals surface area (Å²) >= 11 is 0. The van der Waals surface area contributed by atoms with Crippen LogP contribution in [0.2, 0.25) is 0 Å². The smallest absolute Gasteiger partial charge is 0.257 e. The topological polar surface area (TPSA) is 83.5 Å². The lowest BCUT2D eigenvalue weighted by molar-refractivity contribution is 0.559. The predicted octanol–water partition coefficient (Wildman–Crippen LogP) is 0.0706. The molecule has 1 N–H and O–H groups in total. The number of sulfone groups is 1. The van der Waals surface area contributed by atoms with Crippen LogP contribution in [0.1, 0.15) is 12.0 Å². The number of anilines is 1. The van der Waals surface area contributed by atoms with Crippen molar-refractivity contribution < 1.29 is 16.8 Å². The first kappa shape index (κ1) is 13.8. The summed E-state index contributed by atoms with van der Waals surface area (Å²) < 4.78 is 51.4. The van der Waals surface area contributed by atoms with E-state index in [1.807, 2.05) is 12.1 Å². The van der Waals surface area contributed by atoms with Gasteiger partial charge in [-0.1, -0.05) is 18.2 Å². The molecule has 20 heavy (non-hydrogen) atoms. The number of hydrogen-bond acceptors (Lipinski definition) is 4. The summed E-state index contributed by atoms with van der Waals surface area (Å²) in [7, 11) is -6.79. The Balaban J connectivity index is 1.81. The summed E-state index contributed by atoms with van der Waals surface area (Å²) in [6, 6.07) is 6.84. The van der Waals surface area contributed by atoms with Gasteiger partial charge >= 0.3 is 10.2 Å². The zero-order valence-electron chi connectivity index (χ0n) is 10.8. The van der Waals surface area contributed by atoms with E-state index >= 15 is 0 Å². The minimum atomic E-state index is -3.69. The molecule has 1 saturated heterocycles. The number of nitrogens with zero attached hydrogens (tertiary/aromatic N) is 1. The molecule has 8 heteroatoms. The fourth-order valence-corrected chi connectivity index (χ4v) is 6.02. The van der Waals surface area contributed by atoms with Crippen molar-refractivity contribution in [2.24, 2.45) is 0 Å². The summed E-state index contributed by atoms with van der Waals surface area (Å²) in [5.41, 5.74) is 1.68. The van der Waals surface area contributed by atoms with Gasteiger partial charge < -0.3 is 0 Å². The molecule has 0 aromatic heterocycles. The Morgan fingerprint density at radius 1 is 1.25 bits per heavy atom. The molecular formula is C12H16N2O4S2. The molecule has 1 unspecified atom stereocenters. The van der Waals surface area contributed by atoms with Crippen molar-refractivity contribution in [2.45, 2.75) is 18.9 Å². The van der Waals surface area contributed by atoms with Crippen molar-refractivity contribution in [2.75, 3.05) is 22.4 Å². The van der Waals surface area contributed by atoms with E-state index in [1.165, 1.54) is 4.31 Å². The number of nitrogens with one attached hydrogen (secondary N) is 1. The Hall–Kier alpha value is -1.12. The lowest BCUT2D eigenvalue weighted by Gasteiger charge is -2.22. The molecule has 0 radical (unpaired) electrons. The maximum Gasteiger partial charge on any atom is 0.301 e. The van der Waals surface area contributed by atoms with Crippen LogP contribution in [0, 0.1) is 0 Å². The van der Waals surface area contributed by atoms with Gasteiger partial charge in [-0.2, -0.15) is 13.1 Å². The SMILES string of the molecule is O=S1(=O)CCC(NS(=O)(=O)N2CCc3ccccc32)C1. The molecule has 1 aromatic carbocycles. The van der Waals surface area contributed by atoms with Crippen LogP contribution in [0.25, 0.3) is 0 Å². The molecule has 0 spiro atoms. The second-order valence-corrected chi connectivity index (χ2v) is 9.03. The Morgan fingerprint density at radius 3 is 2.70 bits per heavy atom. The molecule has 1 atom stereocenters. The number of fused-ring (bicyclic) bond motifs is 1. The van der Waals surface area contributed by atoms with E-state index < -0.39 is 26.1 Å². The first-order valence-corrected chi connectivity index (χ1v) is 9.72. The van der Waals surface area contributed by atoms with Gasteiger partial charge in [0.05, 0.1) is 17.2 Å². The highest BCUT2D eigenvalue weighted by Gasteiger charge is 2.35. The minimum absolute atomic E-state index is 0.0524. The Bertz CT molecular complexity index is 728. The minimum Gasteiger partial charge on any atom is -0.257 e. The van der Waals surface area contributed by atoms with Crippen LogP contribution in [0.5, 0.6) is 0 Å². The van der Waals surface area contributed by atoms with Gasteiger partial charge in [0, 0.05) is 12.6 Å². The molecule has 3 rings (SSSR count). The van der Waals surface area contributed by atoms with Gasteiger partial charge in [-0.15, -0.1) is 0 Å². The quantitative estimate of drug-likeness (QED) is 0.855. The Kier molecular flexibility index (Phi) is 3.26. The monoisotopic (exact) mass is 316 g/mol. The second kappa shape index (κ2) is 4.71. The summed E-state index contributed by atoms with van der Waals surface area (Å²) in [5, 5.41) is 0. The van der Waals surface area contributed by atoms with Gasteiger partial charge in [0.2, 0.25) is 0 Å². The van der Waals surface area contributed by atoms with Crippen molar-refractivity contribution in [3.8, 4) is 0 Å². The van der Waals surface area contributed by atoms with Gasteiger partial charge in [0.25, 0.3) is 0 Å². The summed E-state index contributed by atoms with van der Waals surface area (Å²) in [6.45, 7) is 0.397. The van der Waals surface area contributed by atoms with E-state index in [-0.39, 0.29) is 11.5 Å². The average molecular weight is 316 g/mol. The zero-order chi connectivity index (χ0) is 14.4. The standard InChI is InChI=1S/C12H16N2O4S2/c15-19(16)8-6-11(9-19)13-20(17,18)14-7-5-10-3-1-2-4-12(10)14/h1-4,11,13H,5-9H2. The molecule has 2 aliphatic rings. The van der Waals surface area contributed by atoms with Gasteiger partial charge in [0.1, 0.15) is 0 Å². The molecule has 0 bridgehead atoms. The largest absolute Gasteiger partial charge is 0.301 e. The molecule has 0 saturated carbocycles. The summed E-state index contributed by atoms with van der Waals surface area (Å²) in [5.74, 6) is -0.0571. The van der Waals surface area contributed by atoms with E-state index in [0.717, 1.165) is 5.56 Å². The van der Waals surface area contributed by atoms with E-state index in [9.17, 15) is 16.8 Å². The third-order valence-corrected chi connectivity index (χ3v) is 7.04. The molecule has 0 aliphatic carbocycles. The molecule has 2 heterocycles. The van der Waals surface area contributed by atoms with Crippen molar-refractivity contribution >= 4 is 25.7 Å². The Morgan fingerprint density at radius 2 is 2.00 bits per heavy atom. The molecular weight excluding hydrogens is 300 g/mol. The van der Waals surface area contributed by atoms with Crippen LogP contribution >= 0.6 is 0 Å². The van der Waals surface area contributed by atoms with Gasteiger partial charge in [-0.05, 0) is 24.5 Å². The average Bonchev–Trinajstić information content (AvgIpc) is 2.92. The van der Waals surface area contributed by atoms with E-state index in [4.69, 9.17) is 0 Å². The van der Waals surface area contributed by atoms with Crippen molar-refractivity contribution in [1.82, 2.24) is 4.72 Å². The maximum atomic E-state index is 12.4. The fourth-order valence-electron chi connectivity index (χ4n) is 2.72. The zero-order valence-corrected chi connectivity index (χ0v) is 12.5. The summed E-state index contributed by atoms with van der Waals surface area (Å²) in [4.78, 5) is 0. The first-order chi connectivity index (χ1) is 9.37. The number of hydrogen-bond donors (Lipinski definition) is 1. The number of rotatable bonds is 3. The Labute approximate surface area is 118 Å². The molecule has 110 valence electrons. The van der Waals surface area contributed by atoms with Crippen LogP contribution < -0.4 is 9.03 Å². The molecule has 6 nitrogen and oxygen atoms in total. The van der Waals surface area contributed by atoms with Gasteiger partial charge in [0.15, 0.2) is 9.84 Å². The van der Waals surface area contributed by atoms with Crippen LogP contribution in [0.15, 0.2) is 24.3 Å². The normalized spacial score (nSPS) is 24.8. The third-order valence-electron chi connectivity index (χ3n) is 3.68.